The summed E-state index contributed by atoms with van der Waals surface area (Å²) in [6.45, 7) is 2.18. The Morgan fingerprint density at radius 3 is 2.62 bits per heavy atom. The molecule has 1 heterocycles. The number of hydrogen-bond acceptors (Lipinski definition) is 3. The number of halogens is 1. The molecule has 4 heteroatoms. The molecular formula is C12H14FNO2. The molecular weight excluding hydrogens is 209 g/mol. The molecule has 2 rings (SSSR count). The lowest BCUT2D eigenvalue weighted by Crippen LogP contribution is -2.40. The van der Waals surface area contributed by atoms with Gasteiger partial charge in [0.1, 0.15) is 11.4 Å². The van der Waals surface area contributed by atoms with Crippen LogP contribution in [0.5, 0.6) is 0 Å². The maximum Gasteiger partial charge on any atom is 0.183 e. The van der Waals surface area contributed by atoms with Gasteiger partial charge in [0.25, 0.3) is 0 Å². The van der Waals surface area contributed by atoms with Crippen LogP contribution >= 0.6 is 0 Å². The molecule has 0 aromatic heterocycles. The fraction of sp³-hybridized carbons (Fsp3) is 0.417. The number of rotatable bonds is 4. The van der Waals surface area contributed by atoms with Gasteiger partial charge in [0, 0.05) is 0 Å². The van der Waals surface area contributed by atoms with E-state index in [9.17, 15) is 9.18 Å². The minimum absolute atomic E-state index is 0.0863. The summed E-state index contributed by atoms with van der Waals surface area (Å²) in [7, 11) is 0. The van der Waals surface area contributed by atoms with Gasteiger partial charge in [0.05, 0.1) is 12.6 Å². The first-order valence-electron chi connectivity index (χ1n) is 5.19. The van der Waals surface area contributed by atoms with Crippen LogP contribution in [0.25, 0.3) is 0 Å². The maximum absolute atomic E-state index is 12.7. The molecule has 1 aliphatic rings. The van der Waals surface area contributed by atoms with Gasteiger partial charge in [0.2, 0.25) is 0 Å². The number of carbonyl (C=O) groups excluding carboxylic acids is 1. The van der Waals surface area contributed by atoms with Gasteiger partial charge >= 0.3 is 0 Å². The number of nitrogens with two attached hydrogens (primary N) is 1. The van der Waals surface area contributed by atoms with Gasteiger partial charge in [-0.05, 0) is 31.0 Å². The molecule has 86 valence electrons. The fourth-order valence-corrected chi connectivity index (χ4v) is 1.61. The van der Waals surface area contributed by atoms with Crippen molar-refractivity contribution in [3.05, 3.63) is 35.6 Å². The van der Waals surface area contributed by atoms with Crippen molar-refractivity contribution in [3.63, 3.8) is 0 Å². The van der Waals surface area contributed by atoms with Crippen LogP contribution in [-0.4, -0.2) is 24.0 Å². The lowest BCUT2D eigenvalue weighted by atomic mass is 9.96. The van der Waals surface area contributed by atoms with E-state index in [4.69, 9.17) is 10.5 Å². The zero-order valence-corrected chi connectivity index (χ0v) is 9.07. The van der Waals surface area contributed by atoms with Crippen molar-refractivity contribution in [1.82, 2.24) is 0 Å². The quantitative estimate of drug-likeness (QED) is 0.776. The van der Waals surface area contributed by atoms with Crippen molar-refractivity contribution in [2.24, 2.45) is 5.73 Å². The molecule has 2 atom stereocenters. The van der Waals surface area contributed by atoms with Crippen LogP contribution in [0.1, 0.15) is 12.5 Å². The Morgan fingerprint density at radius 1 is 1.56 bits per heavy atom. The predicted octanol–water partition coefficient (Wildman–Crippen LogP) is 1.05. The smallest absolute Gasteiger partial charge is 0.183 e. The van der Waals surface area contributed by atoms with E-state index in [1.807, 2.05) is 0 Å². The Balaban J connectivity index is 1.99. The van der Waals surface area contributed by atoms with E-state index >= 15 is 0 Å². The molecule has 16 heavy (non-hydrogen) atoms. The van der Waals surface area contributed by atoms with Crippen LogP contribution in [-0.2, 0) is 16.0 Å². The molecule has 0 bridgehead atoms. The summed E-state index contributed by atoms with van der Waals surface area (Å²) >= 11 is 0. The first-order valence-corrected chi connectivity index (χ1v) is 5.19. The van der Waals surface area contributed by atoms with Crippen molar-refractivity contribution in [3.8, 4) is 0 Å². The van der Waals surface area contributed by atoms with Gasteiger partial charge in [-0.25, -0.2) is 4.39 Å². The summed E-state index contributed by atoms with van der Waals surface area (Å²) in [5.74, 6) is -0.377. The SMILES string of the molecule is CC1(C(=O)C(N)Cc2ccc(F)cc2)CO1. The van der Waals surface area contributed by atoms with Crippen LogP contribution < -0.4 is 5.73 Å². The summed E-state index contributed by atoms with van der Waals surface area (Å²) in [4.78, 5) is 11.8. The van der Waals surface area contributed by atoms with Crippen LogP contribution in [0.4, 0.5) is 4.39 Å². The first-order chi connectivity index (χ1) is 7.51. The van der Waals surface area contributed by atoms with Gasteiger partial charge in [0.15, 0.2) is 5.78 Å². The van der Waals surface area contributed by atoms with Gasteiger partial charge in [-0.2, -0.15) is 0 Å². The van der Waals surface area contributed by atoms with E-state index in [1.165, 1.54) is 12.1 Å². The number of carbonyl (C=O) groups is 1. The average molecular weight is 223 g/mol. The molecule has 1 aromatic rings. The highest BCUT2D eigenvalue weighted by molar-refractivity contribution is 5.93. The molecule has 1 fully saturated rings. The summed E-state index contributed by atoms with van der Waals surface area (Å²) in [6, 6.07) is 5.42. The Bertz CT molecular complexity index is 398. The highest BCUT2D eigenvalue weighted by atomic mass is 19.1. The Morgan fingerprint density at radius 2 is 2.12 bits per heavy atom. The van der Waals surface area contributed by atoms with Gasteiger partial charge in [-0.15, -0.1) is 0 Å². The van der Waals surface area contributed by atoms with E-state index in [0.717, 1.165) is 5.56 Å². The Kier molecular flexibility index (Phi) is 2.78. The molecule has 2 unspecified atom stereocenters. The summed E-state index contributed by atoms with van der Waals surface area (Å²) in [5.41, 5.74) is 5.96. The third-order valence-electron chi connectivity index (χ3n) is 2.80. The van der Waals surface area contributed by atoms with Gasteiger partial charge in [-0.3, -0.25) is 4.79 Å². The summed E-state index contributed by atoms with van der Waals surface area (Å²) < 4.78 is 17.7. The van der Waals surface area contributed by atoms with Crippen molar-refractivity contribution in [2.45, 2.75) is 25.0 Å². The molecule has 0 radical (unpaired) electrons. The molecule has 2 N–H and O–H groups in total. The lowest BCUT2D eigenvalue weighted by molar-refractivity contribution is -0.124. The van der Waals surface area contributed by atoms with Gasteiger partial charge < -0.3 is 10.5 Å². The minimum atomic E-state index is -0.681. The third kappa shape index (κ3) is 2.28. The van der Waals surface area contributed by atoms with Crippen LogP contribution in [0.3, 0.4) is 0 Å². The molecule has 0 saturated carbocycles. The van der Waals surface area contributed by atoms with Crippen molar-refractivity contribution >= 4 is 5.78 Å². The van der Waals surface area contributed by atoms with Crippen LogP contribution in [0.15, 0.2) is 24.3 Å². The molecule has 0 aliphatic carbocycles. The second-order valence-electron chi connectivity index (χ2n) is 4.32. The molecule has 1 aliphatic heterocycles. The standard InChI is InChI=1S/C12H14FNO2/c1-12(7-16-12)11(15)10(14)6-8-2-4-9(13)5-3-8/h2-5,10H,6-7,14H2,1H3. The lowest BCUT2D eigenvalue weighted by Gasteiger charge is -2.12. The number of benzene rings is 1. The van der Waals surface area contributed by atoms with E-state index in [2.05, 4.69) is 0 Å². The van der Waals surface area contributed by atoms with Crippen molar-refractivity contribution < 1.29 is 13.9 Å². The third-order valence-corrected chi connectivity index (χ3v) is 2.80. The number of ether oxygens (including phenoxy) is 1. The monoisotopic (exact) mass is 223 g/mol. The number of Topliss-reactive ketones (excluding diaryl/α,β-unsaturated/α-hetero) is 1. The first kappa shape index (κ1) is 11.2. The molecule has 3 nitrogen and oxygen atoms in total. The topological polar surface area (TPSA) is 55.6 Å². The van der Waals surface area contributed by atoms with Crippen molar-refractivity contribution in [1.29, 1.82) is 0 Å². The van der Waals surface area contributed by atoms with E-state index in [1.54, 1.807) is 19.1 Å². The number of hydrogen-bond donors (Lipinski definition) is 1. The number of ketones is 1. The van der Waals surface area contributed by atoms with Crippen molar-refractivity contribution in [2.75, 3.05) is 6.61 Å². The van der Waals surface area contributed by atoms with E-state index in [0.29, 0.717) is 13.0 Å². The largest absolute Gasteiger partial charge is 0.362 e. The Hall–Kier alpha value is -1.26. The Labute approximate surface area is 93.4 Å². The average Bonchev–Trinajstić information content (AvgIpc) is 3.00. The highest BCUT2D eigenvalue weighted by Gasteiger charge is 2.48. The summed E-state index contributed by atoms with van der Waals surface area (Å²) in [6.07, 6.45) is 0.415. The number of epoxide rings is 1. The van der Waals surface area contributed by atoms with Crippen LogP contribution in [0, 0.1) is 5.82 Å². The van der Waals surface area contributed by atoms with Gasteiger partial charge in [-0.1, -0.05) is 12.1 Å². The molecule has 1 saturated heterocycles. The zero-order chi connectivity index (χ0) is 11.8. The second-order valence-corrected chi connectivity index (χ2v) is 4.32. The molecule has 0 spiro atoms. The normalized spacial score (nSPS) is 25.2. The van der Waals surface area contributed by atoms with Crippen LogP contribution in [0.2, 0.25) is 0 Å². The zero-order valence-electron chi connectivity index (χ0n) is 9.07. The highest BCUT2D eigenvalue weighted by Crippen LogP contribution is 2.28. The maximum atomic E-state index is 12.7. The molecule has 0 amide bonds. The minimum Gasteiger partial charge on any atom is -0.362 e. The second kappa shape index (κ2) is 3.96. The fourth-order valence-electron chi connectivity index (χ4n) is 1.61. The molecule has 1 aromatic carbocycles. The predicted molar refractivity (Wildman–Crippen MR) is 57.4 cm³/mol. The van der Waals surface area contributed by atoms with E-state index in [-0.39, 0.29) is 11.6 Å². The van der Waals surface area contributed by atoms with E-state index < -0.39 is 11.6 Å². The summed E-state index contributed by atoms with van der Waals surface area (Å²) in [5, 5.41) is 0.